The van der Waals surface area contributed by atoms with Crippen LogP contribution >= 0.6 is 0 Å². The van der Waals surface area contributed by atoms with Gasteiger partial charge < -0.3 is 9.47 Å². The summed E-state index contributed by atoms with van der Waals surface area (Å²) in [5.41, 5.74) is 2.16. The van der Waals surface area contributed by atoms with Gasteiger partial charge in [-0.15, -0.1) is 0 Å². The summed E-state index contributed by atoms with van der Waals surface area (Å²) in [6.45, 7) is 0. The molecular weight excluding hydrogens is 286 g/mol. The molecule has 3 aromatic rings. The van der Waals surface area contributed by atoms with Gasteiger partial charge in [0.05, 0.1) is 24.7 Å². The quantitative estimate of drug-likeness (QED) is 0.590. The fourth-order valence-corrected chi connectivity index (χ4v) is 2.32. The standard InChI is InChI=1S/C15H13N3O4/c1-21-13-6-3-9(7-14(13)22-2)15-11-8-10(18(19)20)4-5-12(11)16-17-15/h3-8H,1-2H3,(H,16,17). The maximum Gasteiger partial charge on any atom is 0.270 e. The molecule has 3 rings (SSSR count). The van der Waals surface area contributed by atoms with Crippen molar-refractivity contribution in [1.29, 1.82) is 0 Å². The van der Waals surface area contributed by atoms with Crippen molar-refractivity contribution in [3.63, 3.8) is 0 Å². The van der Waals surface area contributed by atoms with Crippen molar-refractivity contribution in [3.8, 4) is 22.8 Å². The number of non-ortho nitro benzene ring substituents is 1. The highest BCUT2D eigenvalue weighted by Crippen LogP contribution is 2.35. The molecule has 7 heteroatoms. The first kappa shape index (κ1) is 13.9. The molecule has 0 radical (unpaired) electrons. The molecule has 0 fully saturated rings. The van der Waals surface area contributed by atoms with Crippen LogP contribution in [0.4, 0.5) is 5.69 Å². The molecule has 0 saturated heterocycles. The molecule has 0 aliphatic heterocycles. The molecule has 1 N–H and O–H groups in total. The van der Waals surface area contributed by atoms with Gasteiger partial charge in [-0.1, -0.05) is 0 Å². The lowest BCUT2D eigenvalue weighted by Crippen LogP contribution is -1.91. The lowest BCUT2D eigenvalue weighted by Gasteiger charge is -2.08. The Hall–Kier alpha value is -3.09. The zero-order valence-corrected chi connectivity index (χ0v) is 12.0. The van der Waals surface area contributed by atoms with Gasteiger partial charge in [0.2, 0.25) is 0 Å². The Labute approximate surface area is 125 Å². The van der Waals surface area contributed by atoms with E-state index in [2.05, 4.69) is 10.2 Å². The largest absolute Gasteiger partial charge is 0.493 e. The van der Waals surface area contributed by atoms with Crippen LogP contribution in [0.5, 0.6) is 11.5 Å². The molecule has 0 aliphatic rings. The second kappa shape index (κ2) is 5.36. The number of fused-ring (bicyclic) bond motifs is 1. The molecular formula is C15H13N3O4. The van der Waals surface area contributed by atoms with E-state index in [9.17, 15) is 10.1 Å². The number of H-pyrrole nitrogens is 1. The second-order valence-electron chi connectivity index (χ2n) is 4.63. The van der Waals surface area contributed by atoms with Gasteiger partial charge in [0.15, 0.2) is 11.5 Å². The van der Waals surface area contributed by atoms with Crippen molar-refractivity contribution in [3.05, 3.63) is 46.5 Å². The smallest absolute Gasteiger partial charge is 0.270 e. The van der Waals surface area contributed by atoms with Crippen LogP contribution in [-0.2, 0) is 0 Å². The van der Waals surface area contributed by atoms with Gasteiger partial charge in [0, 0.05) is 23.1 Å². The summed E-state index contributed by atoms with van der Waals surface area (Å²) in [6.07, 6.45) is 0. The molecule has 7 nitrogen and oxygen atoms in total. The number of nitrogens with one attached hydrogen (secondary N) is 1. The summed E-state index contributed by atoms with van der Waals surface area (Å²) in [6, 6.07) is 9.98. The van der Waals surface area contributed by atoms with Crippen LogP contribution in [0.1, 0.15) is 0 Å². The van der Waals surface area contributed by atoms with Crippen molar-refractivity contribution in [1.82, 2.24) is 10.2 Å². The number of nitrogens with zero attached hydrogens (tertiary/aromatic N) is 2. The van der Waals surface area contributed by atoms with Crippen molar-refractivity contribution in [2.24, 2.45) is 0 Å². The van der Waals surface area contributed by atoms with Crippen LogP contribution in [0, 0.1) is 10.1 Å². The number of benzene rings is 2. The minimum absolute atomic E-state index is 0.0237. The molecule has 0 unspecified atom stereocenters. The zero-order valence-electron chi connectivity index (χ0n) is 12.0. The van der Waals surface area contributed by atoms with Crippen LogP contribution in [0.3, 0.4) is 0 Å². The van der Waals surface area contributed by atoms with Crippen molar-refractivity contribution >= 4 is 16.6 Å². The van der Waals surface area contributed by atoms with Gasteiger partial charge >= 0.3 is 0 Å². The van der Waals surface area contributed by atoms with Gasteiger partial charge in [-0.2, -0.15) is 5.10 Å². The average molecular weight is 299 g/mol. The lowest BCUT2D eigenvalue weighted by atomic mass is 10.1. The fraction of sp³-hybridized carbons (Fsp3) is 0.133. The summed E-state index contributed by atoms with van der Waals surface area (Å²) in [7, 11) is 3.11. The Kier molecular flexibility index (Phi) is 3.38. The molecule has 0 bridgehead atoms. The van der Waals surface area contributed by atoms with Gasteiger partial charge in [-0.3, -0.25) is 15.2 Å². The van der Waals surface area contributed by atoms with Crippen LogP contribution in [0.25, 0.3) is 22.2 Å². The molecule has 0 atom stereocenters. The van der Waals surface area contributed by atoms with Crippen LogP contribution < -0.4 is 9.47 Å². The molecule has 0 aliphatic carbocycles. The molecule has 2 aromatic carbocycles. The average Bonchev–Trinajstić information content (AvgIpc) is 2.97. The molecule has 0 amide bonds. The first-order chi connectivity index (χ1) is 10.6. The van der Waals surface area contributed by atoms with Crippen molar-refractivity contribution < 1.29 is 14.4 Å². The van der Waals surface area contributed by atoms with E-state index in [1.807, 2.05) is 6.07 Å². The Morgan fingerprint density at radius 1 is 1.09 bits per heavy atom. The number of aromatic nitrogens is 2. The number of aromatic amines is 1. The van der Waals surface area contributed by atoms with Gasteiger partial charge in [-0.25, -0.2) is 0 Å². The Morgan fingerprint density at radius 2 is 1.86 bits per heavy atom. The molecule has 112 valence electrons. The summed E-state index contributed by atoms with van der Waals surface area (Å²) in [5, 5.41) is 18.7. The lowest BCUT2D eigenvalue weighted by molar-refractivity contribution is -0.384. The fourth-order valence-electron chi connectivity index (χ4n) is 2.32. The van der Waals surface area contributed by atoms with E-state index in [-0.39, 0.29) is 5.69 Å². The maximum absolute atomic E-state index is 10.9. The second-order valence-corrected chi connectivity index (χ2v) is 4.63. The predicted octanol–water partition coefficient (Wildman–Crippen LogP) is 3.16. The Bertz CT molecular complexity index is 857. The van der Waals surface area contributed by atoms with Crippen LogP contribution in [0.2, 0.25) is 0 Å². The van der Waals surface area contributed by atoms with Crippen molar-refractivity contribution in [2.45, 2.75) is 0 Å². The summed E-state index contributed by atoms with van der Waals surface area (Å²) in [4.78, 5) is 10.5. The van der Waals surface area contributed by atoms with E-state index in [0.29, 0.717) is 22.6 Å². The third-order valence-corrected chi connectivity index (χ3v) is 3.41. The molecule has 1 aromatic heterocycles. The normalized spacial score (nSPS) is 10.6. The number of nitro groups is 1. The zero-order chi connectivity index (χ0) is 15.7. The molecule has 1 heterocycles. The molecule has 0 saturated carbocycles. The van der Waals surface area contributed by atoms with Gasteiger partial charge in [-0.05, 0) is 24.3 Å². The van der Waals surface area contributed by atoms with Crippen LogP contribution in [0.15, 0.2) is 36.4 Å². The van der Waals surface area contributed by atoms with E-state index >= 15 is 0 Å². The summed E-state index contributed by atoms with van der Waals surface area (Å²) < 4.78 is 10.5. The first-order valence-electron chi connectivity index (χ1n) is 6.49. The third kappa shape index (κ3) is 2.22. The van der Waals surface area contributed by atoms with Crippen LogP contribution in [-0.4, -0.2) is 29.3 Å². The number of rotatable bonds is 4. The maximum atomic E-state index is 10.9. The molecule has 22 heavy (non-hydrogen) atoms. The SMILES string of the molecule is COc1ccc(-c2n[nH]c3ccc([N+](=O)[O-])cc23)cc1OC. The number of hydrogen-bond acceptors (Lipinski definition) is 5. The first-order valence-corrected chi connectivity index (χ1v) is 6.49. The summed E-state index contributed by atoms with van der Waals surface area (Å²) in [5.74, 6) is 1.18. The van der Waals surface area contributed by atoms with E-state index < -0.39 is 4.92 Å². The Morgan fingerprint density at radius 3 is 2.55 bits per heavy atom. The number of methoxy groups -OCH3 is 2. The molecule has 0 spiro atoms. The minimum atomic E-state index is -0.426. The highest BCUT2D eigenvalue weighted by atomic mass is 16.6. The topological polar surface area (TPSA) is 90.3 Å². The van der Waals surface area contributed by atoms with E-state index in [0.717, 1.165) is 11.1 Å². The van der Waals surface area contributed by atoms with Gasteiger partial charge in [0.1, 0.15) is 5.69 Å². The summed E-state index contributed by atoms with van der Waals surface area (Å²) >= 11 is 0. The third-order valence-electron chi connectivity index (χ3n) is 3.41. The number of nitro benzene ring substituents is 1. The van der Waals surface area contributed by atoms with E-state index in [4.69, 9.17) is 9.47 Å². The number of hydrogen-bond donors (Lipinski definition) is 1. The number of ether oxygens (including phenoxy) is 2. The monoisotopic (exact) mass is 299 g/mol. The van der Waals surface area contributed by atoms with E-state index in [1.54, 1.807) is 32.4 Å². The minimum Gasteiger partial charge on any atom is -0.493 e. The van der Waals surface area contributed by atoms with Gasteiger partial charge in [0.25, 0.3) is 5.69 Å². The highest BCUT2D eigenvalue weighted by Gasteiger charge is 2.14. The predicted molar refractivity (Wildman–Crippen MR) is 81.3 cm³/mol. The van der Waals surface area contributed by atoms with E-state index in [1.165, 1.54) is 12.1 Å². The highest BCUT2D eigenvalue weighted by molar-refractivity contribution is 5.94. The van der Waals surface area contributed by atoms with Crippen molar-refractivity contribution in [2.75, 3.05) is 14.2 Å². The Balaban J connectivity index is 2.17.